The van der Waals surface area contributed by atoms with Crippen LogP contribution in [0.4, 0.5) is 5.69 Å². The summed E-state index contributed by atoms with van der Waals surface area (Å²) in [6, 6.07) is 17.4. The summed E-state index contributed by atoms with van der Waals surface area (Å²) in [6.07, 6.45) is 0. The van der Waals surface area contributed by atoms with Gasteiger partial charge >= 0.3 is 10.2 Å². The van der Waals surface area contributed by atoms with E-state index in [1.165, 1.54) is 11.4 Å². The molecule has 2 aromatic carbocycles. The molecule has 32 heavy (non-hydrogen) atoms. The van der Waals surface area contributed by atoms with Gasteiger partial charge in [-0.2, -0.15) is 17.8 Å². The highest BCUT2D eigenvalue weighted by Gasteiger charge is 2.32. The number of ether oxygens (including phenoxy) is 1. The standard InChI is InChI=1S/C22H30N6O3S/c1-3-27(13-14-31-2)32(29,30)26-21(15-23)28-16-20(17-7-5-4-6-8-17)22(25-28)18-9-11-19(24)12-10-18/h4-12,20H,3,13-16,23-24H2,1-2H3. The van der Waals surface area contributed by atoms with E-state index in [1.807, 2.05) is 54.6 Å². The number of likely N-dealkylation sites (N-methyl/N-ethyl adjacent to an activating group) is 1. The Morgan fingerprint density at radius 3 is 2.50 bits per heavy atom. The van der Waals surface area contributed by atoms with Gasteiger partial charge in [0.15, 0.2) is 5.84 Å². The second-order valence-corrected chi connectivity index (χ2v) is 8.92. The van der Waals surface area contributed by atoms with Gasteiger partial charge in [-0.05, 0) is 23.3 Å². The first-order chi connectivity index (χ1) is 15.4. The lowest BCUT2D eigenvalue weighted by Crippen LogP contribution is -2.37. The number of hydrogen-bond acceptors (Lipinski definition) is 6. The van der Waals surface area contributed by atoms with E-state index >= 15 is 0 Å². The molecule has 0 amide bonds. The summed E-state index contributed by atoms with van der Waals surface area (Å²) in [4.78, 5) is 0. The molecule has 1 unspecified atom stereocenters. The number of nitrogen functional groups attached to an aromatic ring is 1. The third-order valence-corrected chi connectivity index (χ3v) is 6.78. The topological polar surface area (TPSA) is 127 Å². The fourth-order valence-electron chi connectivity index (χ4n) is 3.53. The van der Waals surface area contributed by atoms with Crippen LogP contribution in [-0.4, -0.2) is 69.2 Å². The molecule has 0 radical (unpaired) electrons. The minimum atomic E-state index is -3.93. The molecule has 0 bridgehead atoms. The average molecular weight is 459 g/mol. The van der Waals surface area contributed by atoms with Gasteiger partial charge in [0, 0.05) is 31.8 Å². The van der Waals surface area contributed by atoms with Crippen molar-refractivity contribution in [1.82, 2.24) is 9.31 Å². The molecule has 1 atom stereocenters. The lowest BCUT2D eigenvalue weighted by molar-refractivity contribution is 0.180. The van der Waals surface area contributed by atoms with Crippen LogP contribution in [0.15, 0.2) is 64.1 Å². The van der Waals surface area contributed by atoms with Crippen molar-refractivity contribution in [2.45, 2.75) is 12.8 Å². The summed E-state index contributed by atoms with van der Waals surface area (Å²) in [5.41, 5.74) is 15.2. The second-order valence-electron chi connectivity index (χ2n) is 7.33. The summed E-state index contributed by atoms with van der Waals surface area (Å²) >= 11 is 0. The molecule has 3 rings (SSSR count). The number of hydrogen-bond donors (Lipinski definition) is 2. The maximum Gasteiger partial charge on any atom is 0.324 e. The summed E-state index contributed by atoms with van der Waals surface area (Å²) < 4.78 is 36.0. The third-order valence-electron chi connectivity index (χ3n) is 5.25. The van der Waals surface area contributed by atoms with Crippen molar-refractivity contribution in [3.8, 4) is 0 Å². The van der Waals surface area contributed by atoms with Crippen LogP contribution in [0.2, 0.25) is 0 Å². The van der Waals surface area contributed by atoms with Crippen molar-refractivity contribution in [3.05, 3.63) is 65.7 Å². The number of rotatable bonds is 9. The second kappa shape index (κ2) is 10.7. The molecule has 0 saturated heterocycles. The molecule has 172 valence electrons. The highest BCUT2D eigenvalue weighted by molar-refractivity contribution is 7.87. The van der Waals surface area contributed by atoms with E-state index in [-0.39, 0.29) is 38.0 Å². The van der Waals surface area contributed by atoms with Crippen molar-refractivity contribution in [2.75, 3.05) is 45.6 Å². The lowest BCUT2D eigenvalue weighted by Gasteiger charge is -2.20. The fraction of sp³-hybridized carbons (Fsp3) is 0.364. The normalized spacial score (nSPS) is 17.1. The first kappa shape index (κ1) is 23.9. The van der Waals surface area contributed by atoms with Crippen molar-refractivity contribution >= 4 is 27.4 Å². The van der Waals surface area contributed by atoms with Gasteiger partial charge in [-0.25, -0.2) is 5.01 Å². The number of anilines is 1. The minimum absolute atomic E-state index is 0.0684. The molecule has 2 aromatic rings. The number of benzene rings is 2. The maximum atomic E-state index is 12.9. The third kappa shape index (κ3) is 5.52. The molecule has 1 heterocycles. The van der Waals surface area contributed by atoms with E-state index in [9.17, 15) is 8.42 Å². The highest BCUT2D eigenvalue weighted by Crippen LogP contribution is 2.29. The van der Waals surface area contributed by atoms with Crippen LogP contribution in [0.3, 0.4) is 0 Å². The summed E-state index contributed by atoms with van der Waals surface area (Å²) in [6.45, 7) is 2.88. The SMILES string of the molecule is CCN(CCOC)S(=O)(=O)N=C(CN)N1CC(c2ccccc2)C(c2ccc(N)cc2)=N1. The number of methoxy groups -OCH3 is 1. The monoisotopic (exact) mass is 458 g/mol. The molecular weight excluding hydrogens is 428 g/mol. The summed E-state index contributed by atoms with van der Waals surface area (Å²) in [5, 5.41) is 6.33. The Hall–Kier alpha value is -2.79. The van der Waals surface area contributed by atoms with Gasteiger partial charge in [-0.1, -0.05) is 49.4 Å². The molecule has 0 aliphatic carbocycles. The molecule has 1 aliphatic rings. The number of amidine groups is 1. The van der Waals surface area contributed by atoms with Gasteiger partial charge in [0.1, 0.15) is 0 Å². The zero-order valence-electron chi connectivity index (χ0n) is 18.4. The predicted molar refractivity (Wildman–Crippen MR) is 128 cm³/mol. The van der Waals surface area contributed by atoms with E-state index in [4.69, 9.17) is 21.3 Å². The van der Waals surface area contributed by atoms with E-state index in [2.05, 4.69) is 4.40 Å². The van der Waals surface area contributed by atoms with Crippen LogP contribution in [-0.2, 0) is 14.9 Å². The van der Waals surface area contributed by atoms with Crippen LogP contribution in [0.1, 0.15) is 24.0 Å². The largest absolute Gasteiger partial charge is 0.399 e. The Labute approximate surface area is 189 Å². The van der Waals surface area contributed by atoms with Gasteiger partial charge in [0.05, 0.1) is 25.4 Å². The predicted octanol–water partition coefficient (Wildman–Crippen LogP) is 1.64. The number of hydrazone groups is 1. The molecular formula is C22H30N6O3S. The molecule has 0 fully saturated rings. The minimum Gasteiger partial charge on any atom is -0.399 e. The zero-order chi connectivity index (χ0) is 23.1. The quantitative estimate of drug-likeness (QED) is 0.334. The molecule has 4 N–H and O–H groups in total. The van der Waals surface area contributed by atoms with Crippen molar-refractivity contribution in [3.63, 3.8) is 0 Å². The Morgan fingerprint density at radius 1 is 1.22 bits per heavy atom. The smallest absolute Gasteiger partial charge is 0.324 e. The van der Waals surface area contributed by atoms with Crippen molar-refractivity contribution in [2.24, 2.45) is 15.2 Å². The molecule has 0 saturated carbocycles. The molecule has 0 aromatic heterocycles. The van der Waals surface area contributed by atoms with E-state index in [0.717, 1.165) is 16.8 Å². The summed E-state index contributed by atoms with van der Waals surface area (Å²) in [7, 11) is -2.41. The Morgan fingerprint density at radius 2 is 1.91 bits per heavy atom. The average Bonchev–Trinajstić information content (AvgIpc) is 3.24. The van der Waals surface area contributed by atoms with Crippen LogP contribution >= 0.6 is 0 Å². The van der Waals surface area contributed by atoms with Gasteiger partial charge in [0.25, 0.3) is 0 Å². The van der Waals surface area contributed by atoms with Gasteiger partial charge in [-0.15, -0.1) is 4.40 Å². The van der Waals surface area contributed by atoms with E-state index < -0.39 is 10.2 Å². The van der Waals surface area contributed by atoms with E-state index in [0.29, 0.717) is 12.2 Å². The van der Waals surface area contributed by atoms with Crippen molar-refractivity contribution in [1.29, 1.82) is 0 Å². The lowest BCUT2D eigenvalue weighted by atomic mass is 9.90. The van der Waals surface area contributed by atoms with Crippen LogP contribution in [0, 0.1) is 0 Å². The first-order valence-electron chi connectivity index (χ1n) is 10.4. The van der Waals surface area contributed by atoms with Gasteiger partial charge < -0.3 is 16.2 Å². The Balaban J connectivity index is 1.98. The Bertz CT molecular complexity index is 1050. The first-order valence-corrected chi connectivity index (χ1v) is 11.8. The van der Waals surface area contributed by atoms with Crippen molar-refractivity contribution < 1.29 is 13.2 Å². The van der Waals surface area contributed by atoms with Crippen LogP contribution < -0.4 is 11.5 Å². The van der Waals surface area contributed by atoms with Gasteiger partial charge in [-0.3, -0.25) is 0 Å². The fourth-order valence-corrected chi connectivity index (χ4v) is 4.72. The molecule has 1 aliphatic heterocycles. The summed E-state index contributed by atoms with van der Waals surface area (Å²) in [5.74, 6) is 0.113. The van der Waals surface area contributed by atoms with Crippen LogP contribution in [0.5, 0.6) is 0 Å². The molecule has 10 heteroatoms. The van der Waals surface area contributed by atoms with Crippen LogP contribution in [0.25, 0.3) is 0 Å². The maximum absolute atomic E-state index is 12.9. The molecule has 0 spiro atoms. The van der Waals surface area contributed by atoms with Gasteiger partial charge in [0.2, 0.25) is 0 Å². The van der Waals surface area contributed by atoms with E-state index in [1.54, 1.807) is 11.9 Å². The Kier molecular flexibility index (Phi) is 7.97. The highest BCUT2D eigenvalue weighted by atomic mass is 32.2. The number of nitrogens with zero attached hydrogens (tertiary/aromatic N) is 4. The zero-order valence-corrected chi connectivity index (χ0v) is 19.2. The number of nitrogens with two attached hydrogens (primary N) is 2. The molecule has 9 nitrogen and oxygen atoms in total.